The number of benzene rings is 1. The molecule has 24 heavy (non-hydrogen) atoms. The Morgan fingerprint density at radius 2 is 2.08 bits per heavy atom. The molecule has 0 aromatic heterocycles. The number of nitrogens with one attached hydrogen (secondary N) is 1. The molecule has 2 heterocycles. The van der Waals surface area contributed by atoms with Crippen LogP contribution in [-0.4, -0.2) is 32.1 Å². The van der Waals surface area contributed by atoms with Gasteiger partial charge in [0.05, 0.1) is 19.3 Å². The predicted octanol–water partition coefficient (Wildman–Crippen LogP) is 2.74. The van der Waals surface area contributed by atoms with E-state index in [1.54, 1.807) is 0 Å². The third-order valence-corrected chi connectivity index (χ3v) is 5.21. The van der Waals surface area contributed by atoms with E-state index in [-0.39, 0.29) is 12.4 Å². The second kappa shape index (κ2) is 6.53. The number of esters is 1. The predicted molar refractivity (Wildman–Crippen MR) is 92.3 cm³/mol. The van der Waals surface area contributed by atoms with Gasteiger partial charge < -0.3 is 14.8 Å². The number of carbonyl (C=O) groups excluding carboxylic acids is 2. The summed E-state index contributed by atoms with van der Waals surface area (Å²) in [6.45, 7) is 4.15. The molecule has 0 amide bonds. The average Bonchev–Trinajstić information content (AvgIpc) is 2.55. The average molecular weight is 392 g/mol. The lowest BCUT2D eigenvalue weighted by molar-refractivity contribution is -0.136. The van der Waals surface area contributed by atoms with Crippen molar-refractivity contribution in [1.29, 1.82) is 0 Å². The zero-order valence-electron chi connectivity index (χ0n) is 13.7. The highest BCUT2D eigenvalue weighted by Gasteiger charge is 2.39. The first-order valence-corrected chi connectivity index (χ1v) is 8.39. The highest BCUT2D eigenvalue weighted by atomic mass is 79.9. The van der Waals surface area contributed by atoms with Gasteiger partial charge in [0.25, 0.3) is 0 Å². The van der Waals surface area contributed by atoms with Gasteiger partial charge in [0.15, 0.2) is 5.78 Å². The van der Waals surface area contributed by atoms with Crippen LogP contribution in [0.15, 0.2) is 45.2 Å². The molecule has 2 aliphatic heterocycles. The quantitative estimate of drug-likeness (QED) is 0.785. The summed E-state index contributed by atoms with van der Waals surface area (Å²) in [5.41, 5.74) is 4.40. The Bertz CT molecular complexity index is 794. The van der Waals surface area contributed by atoms with Gasteiger partial charge in [0, 0.05) is 27.4 Å². The standard InChI is InChI=1S/C18H18BrNO4/c1-9-4-5-11(6-12(9)19)16-15(18(22)23-3)10(2)20-13-7-24-8-14(21)17(13)16/h4-6,16,20H,7-8H2,1-3H3. The lowest BCUT2D eigenvalue weighted by Gasteiger charge is -2.34. The number of carbonyl (C=O) groups is 2. The zero-order valence-corrected chi connectivity index (χ0v) is 15.3. The Morgan fingerprint density at radius 1 is 1.33 bits per heavy atom. The van der Waals surface area contributed by atoms with E-state index in [0.717, 1.165) is 21.3 Å². The maximum absolute atomic E-state index is 12.5. The van der Waals surface area contributed by atoms with Crippen molar-refractivity contribution in [2.24, 2.45) is 0 Å². The van der Waals surface area contributed by atoms with Gasteiger partial charge >= 0.3 is 5.97 Å². The number of dihydropyridines is 1. The smallest absolute Gasteiger partial charge is 0.336 e. The summed E-state index contributed by atoms with van der Waals surface area (Å²) < 4.78 is 11.2. The van der Waals surface area contributed by atoms with Gasteiger partial charge in [0.1, 0.15) is 6.61 Å². The van der Waals surface area contributed by atoms with Crippen molar-refractivity contribution in [1.82, 2.24) is 5.32 Å². The largest absolute Gasteiger partial charge is 0.466 e. The number of hydrogen-bond acceptors (Lipinski definition) is 5. The molecule has 6 heteroatoms. The maximum Gasteiger partial charge on any atom is 0.336 e. The molecule has 3 rings (SSSR count). The van der Waals surface area contributed by atoms with Crippen LogP contribution in [0.4, 0.5) is 0 Å². The zero-order chi connectivity index (χ0) is 17.4. The van der Waals surface area contributed by atoms with Crippen LogP contribution in [0, 0.1) is 6.92 Å². The minimum Gasteiger partial charge on any atom is -0.466 e. The van der Waals surface area contributed by atoms with Crippen molar-refractivity contribution in [3.05, 3.63) is 56.3 Å². The number of rotatable bonds is 2. The summed E-state index contributed by atoms with van der Waals surface area (Å²) in [7, 11) is 1.35. The van der Waals surface area contributed by atoms with Crippen molar-refractivity contribution in [3.8, 4) is 0 Å². The number of Topliss-reactive ketones (excluding diaryl/α,β-unsaturated/α-hetero) is 1. The van der Waals surface area contributed by atoms with Gasteiger partial charge in [-0.05, 0) is 31.0 Å². The molecule has 2 aliphatic rings. The molecule has 1 unspecified atom stereocenters. The molecular weight excluding hydrogens is 374 g/mol. The van der Waals surface area contributed by atoms with E-state index in [0.29, 0.717) is 23.5 Å². The molecule has 1 aromatic carbocycles. The maximum atomic E-state index is 12.5. The molecule has 0 fully saturated rings. The van der Waals surface area contributed by atoms with E-state index < -0.39 is 11.9 Å². The Morgan fingerprint density at radius 3 is 2.75 bits per heavy atom. The van der Waals surface area contributed by atoms with Crippen LogP contribution >= 0.6 is 15.9 Å². The minimum absolute atomic E-state index is 0.0253. The molecular formula is C18H18BrNO4. The fraction of sp³-hybridized carbons (Fsp3) is 0.333. The highest BCUT2D eigenvalue weighted by Crippen LogP contribution is 2.41. The van der Waals surface area contributed by atoms with Gasteiger partial charge in [-0.2, -0.15) is 0 Å². The topological polar surface area (TPSA) is 64.6 Å². The van der Waals surface area contributed by atoms with Crippen LogP contribution in [-0.2, 0) is 19.1 Å². The number of hydrogen-bond donors (Lipinski definition) is 1. The van der Waals surface area contributed by atoms with E-state index in [1.165, 1.54) is 7.11 Å². The third kappa shape index (κ3) is 2.80. The first-order chi connectivity index (χ1) is 11.4. The number of halogens is 1. The van der Waals surface area contributed by atoms with Crippen molar-refractivity contribution in [3.63, 3.8) is 0 Å². The normalized spacial score (nSPS) is 20.7. The van der Waals surface area contributed by atoms with Gasteiger partial charge in [-0.3, -0.25) is 4.79 Å². The molecule has 5 nitrogen and oxygen atoms in total. The van der Waals surface area contributed by atoms with Gasteiger partial charge in [-0.15, -0.1) is 0 Å². The second-order valence-electron chi connectivity index (χ2n) is 5.91. The van der Waals surface area contributed by atoms with Gasteiger partial charge in [0.2, 0.25) is 0 Å². The fourth-order valence-electron chi connectivity index (χ4n) is 3.17. The minimum atomic E-state index is -0.456. The van der Waals surface area contributed by atoms with E-state index in [1.807, 2.05) is 32.0 Å². The van der Waals surface area contributed by atoms with Crippen LogP contribution in [0.25, 0.3) is 0 Å². The molecule has 0 spiro atoms. The summed E-state index contributed by atoms with van der Waals surface area (Å²) in [6.07, 6.45) is 0. The molecule has 0 radical (unpaired) electrons. The highest BCUT2D eigenvalue weighted by molar-refractivity contribution is 9.10. The molecule has 0 saturated heterocycles. The van der Waals surface area contributed by atoms with Crippen LogP contribution < -0.4 is 5.32 Å². The monoisotopic (exact) mass is 391 g/mol. The summed E-state index contributed by atoms with van der Waals surface area (Å²) in [5, 5.41) is 3.14. The lowest BCUT2D eigenvalue weighted by atomic mass is 9.78. The van der Waals surface area contributed by atoms with E-state index in [2.05, 4.69) is 21.2 Å². The molecule has 1 atom stereocenters. The van der Waals surface area contributed by atoms with Crippen LogP contribution in [0.2, 0.25) is 0 Å². The van der Waals surface area contributed by atoms with Gasteiger partial charge in [-0.25, -0.2) is 4.79 Å². The van der Waals surface area contributed by atoms with Crippen LogP contribution in [0.1, 0.15) is 24.0 Å². The Hall–Kier alpha value is -1.92. The SMILES string of the molecule is COC(=O)C1=C(C)NC2=C(C(=O)COC2)C1c1ccc(C)c(Br)c1. The number of ketones is 1. The first kappa shape index (κ1) is 16.9. The summed E-state index contributed by atoms with van der Waals surface area (Å²) in [4.78, 5) is 24.9. The molecule has 0 saturated carbocycles. The number of ether oxygens (including phenoxy) is 2. The molecule has 1 aromatic rings. The van der Waals surface area contributed by atoms with Crippen LogP contribution in [0.5, 0.6) is 0 Å². The summed E-state index contributed by atoms with van der Waals surface area (Å²) in [6, 6.07) is 5.87. The molecule has 1 N–H and O–H groups in total. The number of methoxy groups -OCH3 is 1. The van der Waals surface area contributed by atoms with E-state index in [9.17, 15) is 9.59 Å². The van der Waals surface area contributed by atoms with Gasteiger partial charge in [-0.1, -0.05) is 28.1 Å². The summed E-state index contributed by atoms with van der Waals surface area (Å²) in [5.74, 6) is -1.01. The Balaban J connectivity index is 2.21. The van der Waals surface area contributed by atoms with Crippen molar-refractivity contribution in [2.75, 3.05) is 20.3 Å². The lowest BCUT2D eigenvalue weighted by Crippen LogP contribution is -2.38. The molecule has 126 valence electrons. The Labute approximate surface area is 148 Å². The van der Waals surface area contributed by atoms with E-state index in [4.69, 9.17) is 9.47 Å². The molecule has 0 aliphatic carbocycles. The van der Waals surface area contributed by atoms with Crippen molar-refractivity contribution in [2.45, 2.75) is 19.8 Å². The summed E-state index contributed by atoms with van der Waals surface area (Å²) >= 11 is 3.53. The second-order valence-corrected chi connectivity index (χ2v) is 6.76. The third-order valence-electron chi connectivity index (χ3n) is 4.36. The van der Waals surface area contributed by atoms with Crippen molar-refractivity contribution >= 4 is 27.7 Å². The number of allylic oxidation sites excluding steroid dienone is 1. The van der Waals surface area contributed by atoms with Crippen molar-refractivity contribution < 1.29 is 19.1 Å². The molecule has 0 bridgehead atoms. The Kier molecular flexibility index (Phi) is 4.60. The van der Waals surface area contributed by atoms with Crippen LogP contribution in [0.3, 0.4) is 0 Å². The van der Waals surface area contributed by atoms with E-state index >= 15 is 0 Å². The first-order valence-electron chi connectivity index (χ1n) is 7.60. The number of aryl methyl sites for hydroxylation is 1. The fourth-order valence-corrected chi connectivity index (χ4v) is 3.56.